The standard InChI is InChI=1S/C23H23F3N2O3/c1-14(2)30-22(29)28-11-9-15(10-12-28)17-5-8-20-19(13-17)27-21(31-20)16-3-6-18(7-4-16)23(24,25)26/h3-8,13-15H,9-12H2,1-2H3. The molecule has 0 spiro atoms. The molecule has 1 saturated heterocycles. The van der Waals surface area contributed by atoms with Gasteiger partial charge in [-0.05, 0) is 74.6 Å². The molecule has 1 aliphatic heterocycles. The Balaban J connectivity index is 1.48. The summed E-state index contributed by atoms with van der Waals surface area (Å²) >= 11 is 0. The van der Waals surface area contributed by atoms with Crippen LogP contribution in [0.2, 0.25) is 0 Å². The average Bonchev–Trinajstić information content (AvgIpc) is 3.16. The minimum Gasteiger partial charge on any atom is -0.447 e. The predicted octanol–water partition coefficient (Wildman–Crippen LogP) is 6.24. The summed E-state index contributed by atoms with van der Waals surface area (Å²) in [6.07, 6.45) is -3.15. The van der Waals surface area contributed by atoms with Crippen LogP contribution in [0.3, 0.4) is 0 Å². The van der Waals surface area contributed by atoms with E-state index in [1.54, 1.807) is 4.90 Å². The molecule has 0 atom stereocenters. The molecule has 0 unspecified atom stereocenters. The molecule has 5 nitrogen and oxygen atoms in total. The summed E-state index contributed by atoms with van der Waals surface area (Å²) in [7, 11) is 0. The summed E-state index contributed by atoms with van der Waals surface area (Å²) < 4.78 is 49.3. The van der Waals surface area contributed by atoms with E-state index >= 15 is 0 Å². The van der Waals surface area contributed by atoms with E-state index in [0.29, 0.717) is 35.7 Å². The van der Waals surface area contributed by atoms with Gasteiger partial charge >= 0.3 is 12.3 Å². The van der Waals surface area contributed by atoms with Crippen LogP contribution in [-0.4, -0.2) is 35.2 Å². The number of halogens is 3. The number of oxazole rings is 1. The highest BCUT2D eigenvalue weighted by Crippen LogP contribution is 2.34. The highest BCUT2D eigenvalue weighted by atomic mass is 19.4. The SMILES string of the molecule is CC(C)OC(=O)N1CCC(c2ccc3oc(-c4ccc(C(F)(F)F)cc4)nc3c2)CC1. The van der Waals surface area contributed by atoms with Gasteiger partial charge in [0.1, 0.15) is 5.52 Å². The number of carbonyl (C=O) groups excluding carboxylic acids is 1. The summed E-state index contributed by atoms with van der Waals surface area (Å²) in [5.74, 6) is 0.575. The van der Waals surface area contributed by atoms with Crippen LogP contribution in [0.5, 0.6) is 0 Å². The smallest absolute Gasteiger partial charge is 0.416 e. The summed E-state index contributed by atoms with van der Waals surface area (Å²) in [4.78, 5) is 18.3. The molecule has 1 amide bonds. The summed E-state index contributed by atoms with van der Waals surface area (Å²) in [6, 6.07) is 10.5. The molecule has 1 aliphatic rings. The fourth-order valence-corrected chi connectivity index (χ4v) is 3.80. The van der Waals surface area contributed by atoms with Crippen molar-refractivity contribution >= 4 is 17.2 Å². The molecule has 31 heavy (non-hydrogen) atoms. The van der Waals surface area contributed by atoms with Crippen LogP contribution in [0, 0.1) is 0 Å². The second-order valence-corrected chi connectivity index (χ2v) is 8.02. The zero-order chi connectivity index (χ0) is 22.2. The van der Waals surface area contributed by atoms with E-state index in [1.807, 2.05) is 32.0 Å². The monoisotopic (exact) mass is 432 g/mol. The van der Waals surface area contributed by atoms with Crippen molar-refractivity contribution < 1.29 is 27.1 Å². The fraction of sp³-hybridized carbons (Fsp3) is 0.391. The molecule has 2 aromatic carbocycles. The Hall–Kier alpha value is -3.03. The highest BCUT2D eigenvalue weighted by molar-refractivity contribution is 5.77. The van der Waals surface area contributed by atoms with Gasteiger partial charge in [-0.25, -0.2) is 9.78 Å². The van der Waals surface area contributed by atoms with Crippen molar-refractivity contribution in [3.05, 3.63) is 53.6 Å². The Labute approximate surface area is 177 Å². The number of rotatable bonds is 3. The number of likely N-dealkylation sites (tertiary alicyclic amines) is 1. The lowest BCUT2D eigenvalue weighted by atomic mass is 9.89. The van der Waals surface area contributed by atoms with E-state index in [2.05, 4.69) is 4.98 Å². The second-order valence-electron chi connectivity index (χ2n) is 8.02. The third kappa shape index (κ3) is 4.68. The number of fused-ring (bicyclic) bond motifs is 1. The van der Waals surface area contributed by atoms with Crippen molar-refractivity contribution in [3.8, 4) is 11.5 Å². The molecule has 164 valence electrons. The van der Waals surface area contributed by atoms with E-state index < -0.39 is 11.7 Å². The number of piperidine rings is 1. The average molecular weight is 432 g/mol. The Kier molecular flexibility index (Phi) is 5.64. The van der Waals surface area contributed by atoms with Crippen molar-refractivity contribution in [2.45, 2.75) is 44.9 Å². The van der Waals surface area contributed by atoms with Crippen molar-refractivity contribution in [2.75, 3.05) is 13.1 Å². The third-order valence-electron chi connectivity index (χ3n) is 5.43. The van der Waals surface area contributed by atoms with E-state index in [9.17, 15) is 18.0 Å². The first-order valence-corrected chi connectivity index (χ1v) is 10.2. The van der Waals surface area contributed by atoms with E-state index in [4.69, 9.17) is 9.15 Å². The summed E-state index contributed by atoms with van der Waals surface area (Å²) in [6.45, 7) is 4.92. The van der Waals surface area contributed by atoms with Gasteiger partial charge < -0.3 is 14.1 Å². The van der Waals surface area contributed by atoms with Gasteiger partial charge in [0.2, 0.25) is 5.89 Å². The first kappa shape index (κ1) is 21.2. The minimum absolute atomic E-state index is 0.140. The molecule has 8 heteroatoms. The van der Waals surface area contributed by atoms with Crippen molar-refractivity contribution in [1.82, 2.24) is 9.88 Å². The molecule has 3 aromatic rings. The van der Waals surface area contributed by atoms with Crippen molar-refractivity contribution in [2.24, 2.45) is 0 Å². The van der Waals surface area contributed by atoms with E-state index in [1.165, 1.54) is 12.1 Å². The lowest BCUT2D eigenvalue weighted by Gasteiger charge is -2.32. The van der Waals surface area contributed by atoms with Gasteiger partial charge in [0.05, 0.1) is 11.7 Å². The second kappa shape index (κ2) is 8.24. The number of alkyl halides is 3. The summed E-state index contributed by atoms with van der Waals surface area (Å²) in [5, 5.41) is 0. The number of hydrogen-bond donors (Lipinski definition) is 0. The maximum atomic E-state index is 12.8. The Morgan fingerprint density at radius 3 is 2.42 bits per heavy atom. The molecule has 1 fully saturated rings. The molecule has 0 saturated carbocycles. The van der Waals surface area contributed by atoms with Crippen LogP contribution in [-0.2, 0) is 10.9 Å². The van der Waals surface area contributed by atoms with Crippen LogP contribution < -0.4 is 0 Å². The molecule has 0 aliphatic carbocycles. The predicted molar refractivity (Wildman–Crippen MR) is 110 cm³/mol. The number of nitrogens with zero attached hydrogens (tertiary/aromatic N) is 2. The highest BCUT2D eigenvalue weighted by Gasteiger charge is 2.30. The molecule has 1 aromatic heterocycles. The topological polar surface area (TPSA) is 55.6 Å². The number of aromatic nitrogens is 1. The quantitative estimate of drug-likeness (QED) is 0.492. The number of amides is 1. The molecule has 0 radical (unpaired) electrons. The van der Waals surface area contributed by atoms with E-state index in [0.717, 1.165) is 30.5 Å². The molecule has 0 N–H and O–H groups in total. The first-order chi connectivity index (χ1) is 14.7. The number of hydrogen-bond acceptors (Lipinski definition) is 4. The van der Waals surface area contributed by atoms with Crippen LogP contribution in [0.1, 0.15) is 43.7 Å². The van der Waals surface area contributed by atoms with Gasteiger partial charge in [-0.3, -0.25) is 0 Å². The molecule has 2 heterocycles. The van der Waals surface area contributed by atoms with Gasteiger partial charge in [-0.1, -0.05) is 6.07 Å². The lowest BCUT2D eigenvalue weighted by molar-refractivity contribution is -0.137. The maximum Gasteiger partial charge on any atom is 0.416 e. The Bertz CT molecular complexity index is 1070. The molecular formula is C23H23F3N2O3. The number of ether oxygens (including phenoxy) is 1. The Morgan fingerprint density at radius 1 is 1.13 bits per heavy atom. The van der Waals surface area contributed by atoms with Crippen LogP contribution in [0.25, 0.3) is 22.6 Å². The molecular weight excluding hydrogens is 409 g/mol. The zero-order valence-electron chi connectivity index (χ0n) is 17.3. The third-order valence-corrected chi connectivity index (χ3v) is 5.43. The molecule has 4 rings (SSSR count). The van der Waals surface area contributed by atoms with E-state index in [-0.39, 0.29) is 18.1 Å². The van der Waals surface area contributed by atoms with Crippen molar-refractivity contribution in [1.29, 1.82) is 0 Å². The van der Waals surface area contributed by atoms with Gasteiger partial charge in [-0.15, -0.1) is 0 Å². The number of benzene rings is 2. The first-order valence-electron chi connectivity index (χ1n) is 10.2. The normalized spacial score (nSPS) is 15.6. The van der Waals surface area contributed by atoms with Crippen LogP contribution in [0.15, 0.2) is 46.9 Å². The fourth-order valence-electron chi connectivity index (χ4n) is 3.80. The van der Waals surface area contributed by atoms with Gasteiger partial charge in [0.15, 0.2) is 5.58 Å². The van der Waals surface area contributed by atoms with Crippen LogP contribution in [0.4, 0.5) is 18.0 Å². The number of carbonyl (C=O) groups is 1. The maximum absolute atomic E-state index is 12.8. The summed E-state index contributed by atoms with van der Waals surface area (Å²) in [5.41, 5.74) is 2.13. The van der Waals surface area contributed by atoms with Gasteiger partial charge in [-0.2, -0.15) is 13.2 Å². The molecule has 0 bridgehead atoms. The van der Waals surface area contributed by atoms with Crippen molar-refractivity contribution in [3.63, 3.8) is 0 Å². The van der Waals surface area contributed by atoms with Crippen LogP contribution >= 0.6 is 0 Å². The van der Waals surface area contributed by atoms with Gasteiger partial charge in [0.25, 0.3) is 0 Å². The van der Waals surface area contributed by atoms with Gasteiger partial charge in [0, 0.05) is 18.7 Å². The lowest BCUT2D eigenvalue weighted by Crippen LogP contribution is -2.39. The largest absolute Gasteiger partial charge is 0.447 e. The Morgan fingerprint density at radius 2 is 1.81 bits per heavy atom. The minimum atomic E-state index is -4.38. The zero-order valence-corrected chi connectivity index (χ0v) is 17.3.